The molecule has 0 N–H and O–H groups in total. The zero-order valence-corrected chi connectivity index (χ0v) is 40.0. The van der Waals surface area contributed by atoms with Crippen LogP contribution >= 0.6 is 15.2 Å². The Morgan fingerprint density at radius 3 is 1.08 bits per heavy atom. The Balaban J connectivity index is 2.89. The molecule has 0 saturated heterocycles. The predicted octanol–water partition coefficient (Wildman–Crippen LogP) is 13.5. The SMILES string of the molecule is CCCCCCCCCCCCC(C(=O)OCCN(CCOC(=O)C(CCCCCCCCCCCC)P(=O)(OCC)OCC)c1ccccc1)P(=O)(OCC)OCC. The first-order chi connectivity index (χ1) is 28.7. The fraction of sp³-hybridized carbons (Fsp3) is 0.826. The van der Waals surface area contributed by atoms with Gasteiger partial charge in [0.05, 0.1) is 39.5 Å². The summed E-state index contributed by atoms with van der Waals surface area (Å²) < 4.78 is 62.0. The number of nitrogens with zero attached hydrogens (tertiary/aromatic N) is 1. The van der Waals surface area contributed by atoms with E-state index in [1.54, 1.807) is 27.7 Å². The van der Waals surface area contributed by atoms with Crippen molar-refractivity contribution < 1.29 is 46.3 Å². The van der Waals surface area contributed by atoms with E-state index in [0.29, 0.717) is 25.9 Å². The Labute approximate surface area is 360 Å². The fourth-order valence-electron chi connectivity index (χ4n) is 7.33. The van der Waals surface area contributed by atoms with Crippen molar-refractivity contribution in [1.82, 2.24) is 0 Å². The molecule has 0 aromatic heterocycles. The van der Waals surface area contributed by atoms with E-state index in [2.05, 4.69) is 13.8 Å². The van der Waals surface area contributed by atoms with Crippen LogP contribution in [-0.2, 0) is 46.3 Å². The van der Waals surface area contributed by atoms with E-state index in [9.17, 15) is 18.7 Å². The number of esters is 2. The molecule has 0 saturated carbocycles. The monoisotopic (exact) mass is 874 g/mol. The number of carbonyl (C=O) groups is 2. The third-order valence-electron chi connectivity index (χ3n) is 10.5. The number of hydrogen-bond donors (Lipinski definition) is 0. The standard InChI is InChI=1S/C46H85NO10P2/c1-7-13-15-17-19-21-23-25-27-32-36-43(58(50,54-9-3)55-10-4)45(48)52-40-38-47(42-34-30-29-31-35-42)39-41-53-46(49)44(59(51,56-11-5)57-12-6)37-33-28-26-24-22-20-18-16-14-8-2/h29-31,34-35,43-44H,7-28,32-33,36-41H2,1-6H3. The van der Waals surface area contributed by atoms with Crippen LogP contribution in [-0.4, -0.2) is 76.0 Å². The van der Waals surface area contributed by atoms with Gasteiger partial charge in [0, 0.05) is 5.69 Å². The van der Waals surface area contributed by atoms with Gasteiger partial charge >= 0.3 is 27.1 Å². The predicted molar refractivity (Wildman–Crippen MR) is 243 cm³/mol. The van der Waals surface area contributed by atoms with Gasteiger partial charge in [-0.05, 0) is 52.7 Å². The third-order valence-corrected chi connectivity index (χ3v) is 15.5. The average molecular weight is 874 g/mol. The molecule has 1 aromatic carbocycles. The summed E-state index contributed by atoms with van der Waals surface area (Å²) in [5.74, 6) is -1.19. The smallest absolute Gasteiger partial charge is 0.344 e. The highest BCUT2D eigenvalue weighted by molar-refractivity contribution is 7.56. The van der Waals surface area contributed by atoms with Crippen LogP contribution in [0, 0.1) is 0 Å². The largest absolute Gasteiger partial charge is 0.463 e. The van der Waals surface area contributed by atoms with Crippen molar-refractivity contribution in [1.29, 1.82) is 0 Å². The lowest BCUT2D eigenvalue weighted by molar-refractivity contribution is -0.144. The molecular formula is C46H85NO10P2. The van der Waals surface area contributed by atoms with E-state index in [1.165, 1.54) is 77.0 Å². The van der Waals surface area contributed by atoms with E-state index in [0.717, 1.165) is 57.1 Å². The van der Waals surface area contributed by atoms with E-state index >= 15 is 0 Å². The minimum absolute atomic E-state index is 0.0136. The summed E-state index contributed by atoms with van der Waals surface area (Å²) in [6.07, 6.45) is 23.7. The van der Waals surface area contributed by atoms with Gasteiger partial charge < -0.3 is 32.5 Å². The van der Waals surface area contributed by atoms with Crippen molar-refractivity contribution >= 4 is 32.8 Å². The van der Waals surface area contributed by atoms with Crippen molar-refractivity contribution in [3.8, 4) is 0 Å². The van der Waals surface area contributed by atoms with Crippen LogP contribution in [0.15, 0.2) is 30.3 Å². The van der Waals surface area contributed by atoms with Crippen LogP contribution in [0.3, 0.4) is 0 Å². The molecule has 0 aliphatic rings. The maximum atomic E-state index is 13.9. The van der Waals surface area contributed by atoms with Crippen LogP contribution < -0.4 is 4.90 Å². The van der Waals surface area contributed by atoms with Gasteiger partial charge in [-0.3, -0.25) is 18.7 Å². The molecule has 2 unspecified atom stereocenters. The van der Waals surface area contributed by atoms with E-state index in [-0.39, 0.29) is 39.6 Å². The van der Waals surface area contributed by atoms with Crippen LogP contribution in [0.5, 0.6) is 0 Å². The molecule has 0 aliphatic carbocycles. The van der Waals surface area contributed by atoms with E-state index in [1.807, 2.05) is 35.2 Å². The maximum Gasteiger partial charge on any atom is 0.344 e. The van der Waals surface area contributed by atoms with Gasteiger partial charge in [-0.25, -0.2) is 0 Å². The van der Waals surface area contributed by atoms with Gasteiger partial charge in [-0.2, -0.15) is 0 Å². The molecule has 11 nitrogen and oxygen atoms in total. The zero-order chi connectivity index (χ0) is 43.5. The van der Waals surface area contributed by atoms with Gasteiger partial charge in [-0.15, -0.1) is 0 Å². The number of rotatable bonds is 41. The van der Waals surface area contributed by atoms with Gasteiger partial charge in [0.15, 0.2) is 11.3 Å². The number of hydrogen-bond acceptors (Lipinski definition) is 11. The Kier molecular flexibility index (Phi) is 33.6. The summed E-state index contributed by atoms with van der Waals surface area (Å²) in [6.45, 7) is 12.7. The van der Waals surface area contributed by atoms with Gasteiger partial charge in [-0.1, -0.05) is 160 Å². The minimum atomic E-state index is -3.76. The molecule has 0 spiro atoms. The first-order valence-corrected chi connectivity index (χ1v) is 26.8. The molecule has 0 bridgehead atoms. The van der Waals surface area contributed by atoms with Crippen LogP contribution in [0.25, 0.3) is 0 Å². The quantitative estimate of drug-likeness (QED) is 0.0354. The molecule has 0 amide bonds. The summed E-state index contributed by atoms with van der Waals surface area (Å²) in [7, 11) is -7.51. The topological polar surface area (TPSA) is 127 Å². The number of anilines is 1. The van der Waals surface area contributed by atoms with E-state index in [4.69, 9.17) is 27.6 Å². The highest BCUT2D eigenvalue weighted by Crippen LogP contribution is 2.56. The van der Waals surface area contributed by atoms with Crippen LogP contribution in [0.1, 0.15) is 183 Å². The number of carbonyl (C=O) groups excluding carboxylic acids is 2. The Bertz CT molecular complexity index is 1170. The Morgan fingerprint density at radius 1 is 0.475 bits per heavy atom. The summed E-state index contributed by atoms with van der Waals surface area (Å²) in [5.41, 5.74) is -1.17. The summed E-state index contributed by atoms with van der Waals surface area (Å²) >= 11 is 0. The van der Waals surface area contributed by atoms with Crippen molar-refractivity contribution in [3.05, 3.63) is 30.3 Å². The number of para-hydroxylation sites is 1. The van der Waals surface area contributed by atoms with Crippen molar-refractivity contribution in [2.75, 3.05) is 57.6 Å². The molecule has 344 valence electrons. The maximum absolute atomic E-state index is 13.9. The average Bonchev–Trinajstić information content (AvgIpc) is 3.21. The molecule has 13 heteroatoms. The highest BCUT2D eigenvalue weighted by Gasteiger charge is 2.43. The lowest BCUT2D eigenvalue weighted by Crippen LogP contribution is -2.35. The van der Waals surface area contributed by atoms with Crippen molar-refractivity contribution in [3.63, 3.8) is 0 Å². The van der Waals surface area contributed by atoms with Crippen molar-refractivity contribution in [2.24, 2.45) is 0 Å². The fourth-order valence-corrected chi connectivity index (χ4v) is 11.3. The Hall–Kier alpha value is -1.74. The second-order valence-electron chi connectivity index (χ2n) is 15.4. The highest BCUT2D eigenvalue weighted by atomic mass is 31.2. The molecular weight excluding hydrogens is 788 g/mol. The second-order valence-corrected chi connectivity index (χ2v) is 19.8. The van der Waals surface area contributed by atoms with E-state index < -0.39 is 38.4 Å². The lowest BCUT2D eigenvalue weighted by atomic mass is 10.1. The molecule has 0 radical (unpaired) electrons. The van der Waals surface area contributed by atoms with Crippen LogP contribution in [0.2, 0.25) is 0 Å². The number of ether oxygens (including phenoxy) is 2. The lowest BCUT2D eigenvalue weighted by Gasteiger charge is -2.28. The van der Waals surface area contributed by atoms with Crippen LogP contribution in [0.4, 0.5) is 5.69 Å². The third kappa shape index (κ3) is 24.5. The van der Waals surface area contributed by atoms with Crippen molar-refractivity contribution in [2.45, 2.75) is 194 Å². The number of benzene rings is 1. The van der Waals surface area contributed by atoms with Gasteiger partial charge in [0.25, 0.3) is 0 Å². The Morgan fingerprint density at radius 2 is 0.780 bits per heavy atom. The molecule has 59 heavy (non-hydrogen) atoms. The first-order valence-electron chi connectivity index (χ1n) is 23.6. The van der Waals surface area contributed by atoms with Gasteiger partial charge in [0.1, 0.15) is 13.2 Å². The molecule has 1 aromatic rings. The second kappa shape index (κ2) is 35.8. The molecule has 0 heterocycles. The summed E-state index contributed by atoms with van der Waals surface area (Å²) in [5, 5.41) is 0. The summed E-state index contributed by atoms with van der Waals surface area (Å²) in [6, 6.07) is 9.60. The minimum Gasteiger partial charge on any atom is -0.463 e. The molecule has 0 aliphatic heterocycles. The molecule has 0 fully saturated rings. The van der Waals surface area contributed by atoms with Gasteiger partial charge in [0.2, 0.25) is 0 Å². The zero-order valence-electron chi connectivity index (χ0n) is 38.2. The summed E-state index contributed by atoms with van der Waals surface area (Å²) in [4.78, 5) is 29.2. The normalized spacial score (nSPS) is 13.0. The molecule has 1 rings (SSSR count). The molecule has 2 atom stereocenters. The first kappa shape index (κ1) is 55.3. The number of unbranched alkanes of at least 4 members (excludes halogenated alkanes) is 18.